The van der Waals surface area contributed by atoms with Gasteiger partial charge in [0.15, 0.2) is 5.96 Å². The number of piperazine rings is 1. The Hall–Kier alpha value is -1.34. The summed E-state index contributed by atoms with van der Waals surface area (Å²) in [7, 11) is 0. The molecule has 1 heterocycles. The largest absolute Gasteiger partial charge is 0.381 e. The smallest absolute Gasteiger partial charge is 0.219 e. The number of aliphatic imine (C=N–C) groups is 1. The average molecular weight is 356 g/mol. The molecule has 1 aliphatic rings. The van der Waals surface area contributed by atoms with E-state index in [0.717, 1.165) is 84.4 Å². The summed E-state index contributed by atoms with van der Waals surface area (Å²) in [5.41, 5.74) is 0. The Morgan fingerprint density at radius 2 is 1.80 bits per heavy atom. The molecule has 0 aromatic rings. The molecule has 0 spiro atoms. The minimum atomic E-state index is 0.179. The number of amides is 1. The number of guanidine groups is 1. The molecule has 1 rings (SSSR count). The van der Waals surface area contributed by atoms with Crippen molar-refractivity contribution in [1.29, 1.82) is 0 Å². The SMILES string of the molecule is CCCCOCCCN=C(NCC)NCCN1CCN(C(C)=O)CC1. The Morgan fingerprint density at radius 1 is 1.08 bits per heavy atom. The molecule has 25 heavy (non-hydrogen) atoms. The number of nitrogens with zero attached hydrogens (tertiary/aromatic N) is 3. The van der Waals surface area contributed by atoms with Gasteiger partial charge in [-0.25, -0.2) is 0 Å². The van der Waals surface area contributed by atoms with Crippen LogP contribution in [0.1, 0.15) is 40.0 Å². The lowest BCUT2D eigenvalue weighted by atomic mass is 10.3. The van der Waals surface area contributed by atoms with Crippen LogP contribution in [0, 0.1) is 0 Å². The Bertz CT molecular complexity index is 382. The van der Waals surface area contributed by atoms with Crippen molar-refractivity contribution >= 4 is 11.9 Å². The lowest BCUT2D eigenvalue weighted by Gasteiger charge is -2.34. The predicted octanol–water partition coefficient (Wildman–Crippen LogP) is 0.912. The van der Waals surface area contributed by atoms with Gasteiger partial charge in [-0.3, -0.25) is 14.7 Å². The van der Waals surface area contributed by atoms with E-state index in [9.17, 15) is 4.79 Å². The minimum absolute atomic E-state index is 0.179. The second-order valence-corrected chi connectivity index (χ2v) is 6.35. The summed E-state index contributed by atoms with van der Waals surface area (Å²) in [5, 5.41) is 6.67. The van der Waals surface area contributed by atoms with Gasteiger partial charge in [-0.05, 0) is 19.8 Å². The molecule has 1 saturated heterocycles. The first kappa shape index (κ1) is 21.7. The second kappa shape index (κ2) is 13.9. The molecule has 146 valence electrons. The van der Waals surface area contributed by atoms with Crippen LogP contribution in [0.3, 0.4) is 0 Å². The van der Waals surface area contributed by atoms with Gasteiger partial charge in [0.1, 0.15) is 0 Å². The van der Waals surface area contributed by atoms with Crippen molar-refractivity contribution in [3.63, 3.8) is 0 Å². The summed E-state index contributed by atoms with van der Waals surface area (Å²) >= 11 is 0. The molecule has 7 nitrogen and oxygen atoms in total. The van der Waals surface area contributed by atoms with Crippen LogP contribution < -0.4 is 10.6 Å². The Kier molecular flexibility index (Phi) is 12.1. The Balaban J connectivity index is 2.15. The van der Waals surface area contributed by atoms with Crippen LogP contribution >= 0.6 is 0 Å². The van der Waals surface area contributed by atoms with Crippen LogP contribution in [-0.4, -0.2) is 87.2 Å². The zero-order chi connectivity index (χ0) is 18.3. The second-order valence-electron chi connectivity index (χ2n) is 6.35. The fraction of sp³-hybridized carbons (Fsp3) is 0.889. The van der Waals surface area contributed by atoms with E-state index in [1.165, 1.54) is 6.42 Å². The van der Waals surface area contributed by atoms with Gasteiger partial charge in [-0.15, -0.1) is 0 Å². The van der Waals surface area contributed by atoms with Gasteiger partial charge < -0.3 is 20.3 Å². The molecule has 1 fully saturated rings. The Morgan fingerprint density at radius 3 is 2.44 bits per heavy atom. The summed E-state index contributed by atoms with van der Waals surface area (Å²) in [6, 6.07) is 0. The number of hydrogen-bond donors (Lipinski definition) is 2. The summed E-state index contributed by atoms with van der Waals surface area (Å²) in [6.07, 6.45) is 3.26. The number of ether oxygens (including phenoxy) is 1. The maximum Gasteiger partial charge on any atom is 0.219 e. The van der Waals surface area contributed by atoms with Crippen LogP contribution in [0.5, 0.6) is 0 Å². The van der Waals surface area contributed by atoms with Gasteiger partial charge in [-0.2, -0.15) is 0 Å². The third kappa shape index (κ3) is 10.3. The van der Waals surface area contributed by atoms with Crippen LogP contribution in [0.15, 0.2) is 4.99 Å². The molecule has 2 N–H and O–H groups in total. The predicted molar refractivity (Wildman–Crippen MR) is 103 cm³/mol. The lowest BCUT2D eigenvalue weighted by Crippen LogP contribution is -2.50. The number of unbranched alkanes of at least 4 members (excludes halogenated alkanes) is 1. The van der Waals surface area contributed by atoms with Crippen molar-refractivity contribution < 1.29 is 9.53 Å². The molecule has 7 heteroatoms. The zero-order valence-electron chi connectivity index (χ0n) is 16.4. The quantitative estimate of drug-likeness (QED) is 0.328. The van der Waals surface area contributed by atoms with Gasteiger partial charge in [0.25, 0.3) is 0 Å². The summed E-state index contributed by atoms with van der Waals surface area (Å²) < 4.78 is 5.56. The third-order valence-corrected chi connectivity index (χ3v) is 4.24. The molecule has 0 aromatic heterocycles. The summed E-state index contributed by atoms with van der Waals surface area (Å²) in [4.78, 5) is 20.2. The van der Waals surface area contributed by atoms with Crippen molar-refractivity contribution in [2.24, 2.45) is 4.99 Å². The highest BCUT2D eigenvalue weighted by atomic mass is 16.5. The van der Waals surface area contributed by atoms with Gasteiger partial charge in [-0.1, -0.05) is 13.3 Å². The monoisotopic (exact) mass is 355 g/mol. The van der Waals surface area contributed by atoms with E-state index < -0.39 is 0 Å². The standard InChI is InChI=1S/C18H37N5O2/c1-4-6-15-25-16-7-8-20-18(19-5-2)21-9-10-22-11-13-23(14-12-22)17(3)24/h4-16H2,1-3H3,(H2,19,20,21). The summed E-state index contributed by atoms with van der Waals surface area (Å²) in [6.45, 7) is 14.6. The molecule has 0 radical (unpaired) electrons. The highest BCUT2D eigenvalue weighted by Crippen LogP contribution is 2.00. The molecule has 0 aliphatic carbocycles. The van der Waals surface area contributed by atoms with Crippen molar-refractivity contribution in [2.45, 2.75) is 40.0 Å². The van der Waals surface area contributed by atoms with Crippen molar-refractivity contribution in [2.75, 3.05) is 65.6 Å². The number of carbonyl (C=O) groups excluding carboxylic acids is 1. The number of hydrogen-bond acceptors (Lipinski definition) is 4. The number of rotatable bonds is 11. The first-order valence-electron chi connectivity index (χ1n) is 9.75. The van der Waals surface area contributed by atoms with Crippen molar-refractivity contribution in [3.05, 3.63) is 0 Å². The van der Waals surface area contributed by atoms with E-state index >= 15 is 0 Å². The van der Waals surface area contributed by atoms with E-state index in [1.807, 2.05) is 4.90 Å². The third-order valence-electron chi connectivity index (χ3n) is 4.24. The van der Waals surface area contributed by atoms with Crippen LogP contribution in [-0.2, 0) is 9.53 Å². The van der Waals surface area contributed by atoms with E-state index in [2.05, 4.69) is 34.4 Å². The van der Waals surface area contributed by atoms with E-state index in [-0.39, 0.29) is 5.91 Å². The topological polar surface area (TPSA) is 69.2 Å². The van der Waals surface area contributed by atoms with Crippen molar-refractivity contribution in [1.82, 2.24) is 20.4 Å². The van der Waals surface area contributed by atoms with E-state index in [1.54, 1.807) is 6.92 Å². The fourth-order valence-electron chi connectivity index (χ4n) is 2.67. The molecule has 0 bridgehead atoms. The molecular formula is C18H37N5O2. The van der Waals surface area contributed by atoms with Gasteiger partial charge in [0, 0.05) is 72.5 Å². The van der Waals surface area contributed by atoms with Crippen LogP contribution in [0.25, 0.3) is 0 Å². The maximum atomic E-state index is 11.3. The summed E-state index contributed by atoms with van der Waals surface area (Å²) in [5.74, 6) is 1.05. The molecule has 1 aliphatic heterocycles. The molecule has 0 atom stereocenters. The molecule has 0 unspecified atom stereocenters. The van der Waals surface area contributed by atoms with Gasteiger partial charge in [0.2, 0.25) is 5.91 Å². The fourth-order valence-corrected chi connectivity index (χ4v) is 2.67. The Labute approximate surface area is 153 Å². The highest BCUT2D eigenvalue weighted by Gasteiger charge is 2.17. The minimum Gasteiger partial charge on any atom is -0.381 e. The van der Waals surface area contributed by atoms with E-state index in [0.29, 0.717) is 0 Å². The highest BCUT2D eigenvalue weighted by molar-refractivity contribution is 5.79. The van der Waals surface area contributed by atoms with E-state index in [4.69, 9.17) is 4.74 Å². The van der Waals surface area contributed by atoms with Crippen LogP contribution in [0.2, 0.25) is 0 Å². The maximum absolute atomic E-state index is 11.3. The van der Waals surface area contributed by atoms with Crippen molar-refractivity contribution in [3.8, 4) is 0 Å². The first-order chi connectivity index (χ1) is 12.2. The number of carbonyl (C=O) groups is 1. The van der Waals surface area contributed by atoms with Crippen LogP contribution in [0.4, 0.5) is 0 Å². The lowest BCUT2D eigenvalue weighted by molar-refractivity contribution is -0.130. The normalized spacial score (nSPS) is 16.1. The molecule has 1 amide bonds. The van der Waals surface area contributed by atoms with Gasteiger partial charge >= 0.3 is 0 Å². The zero-order valence-corrected chi connectivity index (χ0v) is 16.4. The average Bonchev–Trinajstić information content (AvgIpc) is 2.61. The first-order valence-corrected chi connectivity index (χ1v) is 9.75. The van der Waals surface area contributed by atoms with Gasteiger partial charge in [0.05, 0.1) is 0 Å². The number of nitrogens with one attached hydrogen (secondary N) is 2. The molecule has 0 aromatic carbocycles. The molecule has 0 saturated carbocycles. The molecular weight excluding hydrogens is 318 g/mol.